The first-order valence-electron chi connectivity index (χ1n) is 7.83. The molecule has 0 aliphatic rings. The minimum atomic E-state index is 0.572. The van der Waals surface area contributed by atoms with Crippen molar-refractivity contribution >= 4 is 16.6 Å². The third-order valence-corrected chi connectivity index (χ3v) is 3.84. The van der Waals surface area contributed by atoms with E-state index in [9.17, 15) is 0 Å². The quantitative estimate of drug-likeness (QED) is 0.590. The summed E-state index contributed by atoms with van der Waals surface area (Å²) in [6.45, 7) is 0.572. The number of hydrogen-bond donors (Lipinski definition) is 1. The summed E-state index contributed by atoms with van der Waals surface area (Å²) in [5.41, 5.74) is 6.59. The van der Waals surface area contributed by atoms with E-state index in [1.165, 1.54) is 0 Å². The van der Waals surface area contributed by atoms with Gasteiger partial charge in [0.2, 0.25) is 0 Å². The second-order valence-electron chi connectivity index (χ2n) is 5.53. The maximum absolute atomic E-state index is 5.89. The van der Waals surface area contributed by atoms with E-state index in [-0.39, 0.29) is 0 Å². The van der Waals surface area contributed by atoms with Crippen LogP contribution >= 0.6 is 0 Å². The average molecular weight is 315 g/mol. The van der Waals surface area contributed by atoms with E-state index in [2.05, 4.69) is 40.7 Å². The van der Waals surface area contributed by atoms with Gasteiger partial charge in [0.05, 0.1) is 11.2 Å². The number of nitrogens with one attached hydrogen (secondary N) is 1. The molecule has 2 aromatic heterocycles. The van der Waals surface area contributed by atoms with Crippen LogP contribution < -0.4 is 10.2 Å². The van der Waals surface area contributed by atoms with E-state index < -0.39 is 0 Å². The molecule has 4 nitrogen and oxygen atoms in total. The zero-order chi connectivity index (χ0) is 16.2. The third-order valence-electron chi connectivity index (χ3n) is 3.84. The molecule has 4 aromatic rings. The molecule has 0 radical (unpaired) electrons. The second kappa shape index (κ2) is 6.46. The minimum Gasteiger partial charge on any atom is -0.489 e. The first kappa shape index (κ1) is 14.3. The van der Waals surface area contributed by atoms with Gasteiger partial charge in [-0.1, -0.05) is 30.3 Å². The van der Waals surface area contributed by atoms with Crippen LogP contribution in [0.1, 0.15) is 5.56 Å². The summed E-state index contributed by atoms with van der Waals surface area (Å²) in [5.74, 6) is 0.869. The van der Waals surface area contributed by atoms with Gasteiger partial charge in [0.1, 0.15) is 12.4 Å². The molecule has 0 spiro atoms. The number of benzene rings is 2. The highest BCUT2D eigenvalue weighted by Crippen LogP contribution is 2.23. The van der Waals surface area contributed by atoms with Crippen molar-refractivity contribution in [1.29, 1.82) is 0 Å². The molecule has 1 N–H and O–H groups in total. The number of pyridine rings is 1. The largest absolute Gasteiger partial charge is 0.489 e. The Morgan fingerprint density at radius 1 is 0.917 bits per heavy atom. The van der Waals surface area contributed by atoms with Gasteiger partial charge in [-0.25, -0.2) is 0 Å². The van der Waals surface area contributed by atoms with E-state index in [4.69, 9.17) is 4.74 Å². The zero-order valence-electron chi connectivity index (χ0n) is 13.1. The summed E-state index contributed by atoms with van der Waals surface area (Å²) in [4.78, 5) is 4.03. The Morgan fingerprint density at radius 2 is 1.75 bits per heavy atom. The summed E-state index contributed by atoms with van der Waals surface area (Å²) >= 11 is 0. The number of rotatable bonds is 5. The summed E-state index contributed by atoms with van der Waals surface area (Å²) < 4.78 is 7.88. The molecular formula is C20H17N3O. The zero-order valence-corrected chi connectivity index (χ0v) is 13.1. The number of nitrogens with zero attached hydrogens (tertiary/aromatic N) is 2. The normalized spacial score (nSPS) is 10.7. The lowest BCUT2D eigenvalue weighted by atomic mass is 10.2. The monoisotopic (exact) mass is 315 g/mol. The Hall–Kier alpha value is -3.27. The molecule has 0 unspecified atom stereocenters. The topological polar surface area (TPSA) is 39.1 Å². The first-order chi connectivity index (χ1) is 11.9. The van der Waals surface area contributed by atoms with Crippen LogP contribution in [0.2, 0.25) is 0 Å². The van der Waals surface area contributed by atoms with Crippen LogP contribution in [0.5, 0.6) is 5.75 Å². The third kappa shape index (κ3) is 3.08. The van der Waals surface area contributed by atoms with Gasteiger partial charge in [-0.3, -0.25) is 15.1 Å². The van der Waals surface area contributed by atoms with E-state index >= 15 is 0 Å². The lowest BCUT2D eigenvalue weighted by molar-refractivity contribution is 0.306. The molecule has 4 heteroatoms. The van der Waals surface area contributed by atoms with Crippen molar-refractivity contribution in [2.24, 2.45) is 0 Å². The van der Waals surface area contributed by atoms with Crippen LogP contribution in [-0.4, -0.2) is 9.66 Å². The summed E-state index contributed by atoms with van der Waals surface area (Å²) in [7, 11) is 0. The molecule has 0 aliphatic carbocycles. The molecule has 0 fully saturated rings. The van der Waals surface area contributed by atoms with Crippen molar-refractivity contribution in [2.75, 3.05) is 5.43 Å². The van der Waals surface area contributed by atoms with Crippen molar-refractivity contribution in [2.45, 2.75) is 6.61 Å². The van der Waals surface area contributed by atoms with Crippen LogP contribution in [-0.2, 0) is 6.61 Å². The average Bonchev–Trinajstić information content (AvgIpc) is 3.04. The van der Waals surface area contributed by atoms with Crippen molar-refractivity contribution in [3.63, 3.8) is 0 Å². The predicted molar refractivity (Wildman–Crippen MR) is 96.0 cm³/mol. The SMILES string of the molecule is c1ccc(COc2ccc3c(ccn3Nc3ccncc3)c2)cc1. The van der Waals surface area contributed by atoms with E-state index in [1.54, 1.807) is 12.4 Å². The molecule has 118 valence electrons. The Bertz CT molecular complexity index is 933. The lowest BCUT2D eigenvalue weighted by Gasteiger charge is -2.10. The fourth-order valence-electron chi connectivity index (χ4n) is 2.61. The maximum atomic E-state index is 5.89. The molecular weight excluding hydrogens is 298 g/mol. The van der Waals surface area contributed by atoms with Gasteiger partial charge in [0, 0.05) is 24.0 Å². The molecule has 0 aliphatic heterocycles. The van der Waals surface area contributed by atoms with Crippen molar-refractivity contribution in [3.05, 3.63) is 90.9 Å². The Kier molecular flexibility index (Phi) is 3.86. The number of aromatic nitrogens is 2. The Balaban J connectivity index is 1.52. The smallest absolute Gasteiger partial charge is 0.120 e. The van der Waals surface area contributed by atoms with Crippen LogP contribution in [0.25, 0.3) is 10.9 Å². The van der Waals surface area contributed by atoms with Crippen LogP contribution in [0.4, 0.5) is 5.69 Å². The van der Waals surface area contributed by atoms with Crippen molar-refractivity contribution in [3.8, 4) is 5.75 Å². The van der Waals surface area contributed by atoms with Gasteiger partial charge in [-0.05, 0) is 42.0 Å². The highest BCUT2D eigenvalue weighted by molar-refractivity contribution is 5.82. The predicted octanol–water partition coefficient (Wildman–Crippen LogP) is 4.49. The highest BCUT2D eigenvalue weighted by atomic mass is 16.5. The number of hydrogen-bond acceptors (Lipinski definition) is 3. The minimum absolute atomic E-state index is 0.572. The lowest BCUT2D eigenvalue weighted by Crippen LogP contribution is -2.06. The summed E-state index contributed by atoms with van der Waals surface area (Å²) in [6, 6.07) is 22.2. The van der Waals surface area contributed by atoms with Crippen molar-refractivity contribution < 1.29 is 4.74 Å². The number of fused-ring (bicyclic) bond motifs is 1. The second-order valence-corrected chi connectivity index (χ2v) is 5.53. The van der Waals surface area contributed by atoms with E-state index in [0.717, 1.165) is 27.9 Å². The molecule has 24 heavy (non-hydrogen) atoms. The van der Waals surface area contributed by atoms with Crippen LogP contribution in [0.15, 0.2) is 85.3 Å². The fourth-order valence-corrected chi connectivity index (χ4v) is 2.61. The van der Waals surface area contributed by atoms with Gasteiger partial charge >= 0.3 is 0 Å². The van der Waals surface area contributed by atoms with Gasteiger partial charge in [-0.15, -0.1) is 0 Å². The van der Waals surface area contributed by atoms with Gasteiger partial charge < -0.3 is 4.74 Å². The molecule has 4 rings (SSSR count). The first-order valence-corrected chi connectivity index (χ1v) is 7.83. The van der Waals surface area contributed by atoms with Gasteiger partial charge in [0.25, 0.3) is 0 Å². The van der Waals surface area contributed by atoms with E-state index in [0.29, 0.717) is 6.61 Å². The molecule has 0 bridgehead atoms. The molecule has 0 amide bonds. The van der Waals surface area contributed by atoms with E-state index in [1.807, 2.05) is 47.3 Å². The van der Waals surface area contributed by atoms with Gasteiger partial charge in [0.15, 0.2) is 0 Å². The Labute approximate surface area is 140 Å². The summed E-state index contributed by atoms with van der Waals surface area (Å²) in [6.07, 6.45) is 5.54. The highest BCUT2D eigenvalue weighted by Gasteiger charge is 2.04. The summed E-state index contributed by atoms with van der Waals surface area (Å²) in [5, 5.41) is 1.13. The maximum Gasteiger partial charge on any atom is 0.120 e. The van der Waals surface area contributed by atoms with Crippen LogP contribution in [0.3, 0.4) is 0 Å². The molecule has 0 saturated heterocycles. The van der Waals surface area contributed by atoms with Crippen molar-refractivity contribution in [1.82, 2.24) is 9.66 Å². The number of anilines is 1. The molecule has 2 aromatic carbocycles. The van der Waals surface area contributed by atoms with Gasteiger partial charge in [-0.2, -0.15) is 0 Å². The standard InChI is InChI=1S/C20H17N3O/c1-2-4-16(5-3-1)15-24-19-6-7-20-17(14-19)10-13-23(20)22-18-8-11-21-12-9-18/h1-14H,15H2,(H,21,22). The number of ether oxygens (including phenoxy) is 1. The molecule has 2 heterocycles. The molecule has 0 saturated carbocycles. The fraction of sp³-hybridized carbons (Fsp3) is 0.0500. The Morgan fingerprint density at radius 3 is 2.58 bits per heavy atom. The van der Waals surface area contributed by atoms with Crippen LogP contribution in [0, 0.1) is 0 Å². The molecule has 0 atom stereocenters.